The summed E-state index contributed by atoms with van der Waals surface area (Å²) in [4.78, 5) is 11.9. The van der Waals surface area contributed by atoms with Crippen LogP contribution in [0.15, 0.2) is 54.6 Å². The van der Waals surface area contributed by atoms with Gasteiger partial charge in [0.25, 0.3) is 0 Å². The van der Waals surface area contributed by atoms with Crippen molar-refractivity contribution in [3.8, 4) is 0 Å². The molecule has 2 aromatic rings. The Morgan fingerprint density at radius 3 is 2.32 bits per heavy atom. The van der Waals surface area contributed by atoms with Crippen LogP contribution in [0.4, 0.5) is 16.2 Å². The zero-order chi connectivity index (χ0) is 13.7. The number of para-hydroxylation sites is 2. The largest absolute Gasteiger partial charge is 0.389 e. The molecule has 4 heteroatoms. The second-order valence-corrected chi connectivity index (χ2v) is 4.21. The number of rotatable bonds is 3. The highest BCUT2D eigenvalue weighted by atomic mass is 16.3. The van der Waals surface area contributed by atoms with E-state index in [2.05, 4.69) is 10.6 Å². The van der Waals surface area contributed by atoms with Crippen LogP contribution >= 0.6 is 0 Å². The van der Waals surface area contributed by atoms with E-state index in [4.69, 9.17) is 0 Å². The van der Waals surface area contributed by atoms with E-state index in [1.807, 2.05) is 30.3 Å². The van der Waals surface area contributed by atoms with Gasteiger partial charge in [-0.25, -0.2) is 4.79 Å². The molecule has 0 radical (unpaired) electrons. The quantitative estimate of drug-likeness (QED) is 0.788. The van der Waals surface area contributed by atoms with E-state index in [0.717, 1.165) is 5.69 Å². The van der Waals surface area contributed by atoms with Crippen LogP contribution in [0, 0.1) is 0 Å². The molecule has 0 fully saturated rings. The third-order valence-electron chi connectivity index (χ3n) is 2.69. The minimum absolute atomic E-state index is 0.334. The number of urea groups is 1. The molecule has 1 atom stereocenters. The average Bonchev–Trinajstić information content (AvgIpc) is 2.40. The molecule has 0 bridgehead atoms. The van der Waals surface area contributed by atoms with E-state index in [-0.39, 0.29) is 6.03 Å². The Morgan fingerprint density at radius 1 is 1.00 bits per heavy atom. The average molecular weight is 256 g/mol. The van der Waals surface area contributed by atoms with E-state index >= 15 is 0 Å². The third-order valence-corrected chi connectivity index (χ3v) is 2.69. The van der Waals surface area contributed by atoms with Crippen molar-refractivity contribution < 1.29 is 9.90 Å². The van der Waals surface area contributed by atoms with Crippen molar-refractivity contribution >= 4 is 17.4 Å². The van der Waals surface area contributed by atoms with Crippen LogP contribution in [0.2, 0.25) is 0 Å². The van der Waals surface area contributed by atoms with Crippen molar-refractivity contribution in [1.29, 1.82) is 0 Å². The lowest BCUT2D eigenvalue weighted by atomic mass is 10.1. The number of nitrogens with one attached hydrogen (secondary N) is 2. The topological polar surface area (TPSA) is 61.4 Å². The molecule has 0 aliphatic rings. The van der Waals surface area contributed by atoms with Gasteiger partial charge < -0.3 is 15.7 Å². The van der Waals surface area contributed by atoms with Gasteiger partial charge in [0.1, 0.15) is 0 Å². The SMILES string of the molecule is CC(O)c1ccccc1NC(=O)Nc1ccccc1. The van der Waals surface area contributed by atoms with Gasteiger partial charge in [-0.3, -0.25) is 0 Å². The van der Waals surface area contributed by atoms with Gasteiger partial charge in [-0.05, 0) is 25.1 Å². The molecule has 0 heterocycles. The van der Waals surface area contributed by atoms with Gasteiger partial charge in [-0.2, -0.15) is 0 Å². The van der Waals surface area contributed by atoms with Crippen LogP contribution in [0.3, 0.4) is 0 Å². The van der Waals surface area contributed by atoms with E-state index in [1.54, 1.807) is 31.2 Å². The zero-order valence-corrected chi connectivity index (χ0v) is 10.6. The lowest BCUT2D eigenvalue weighted by molar-refractivity contribution is 0.200. The second kappa shape index (κ2) is 6.02. The van der Waals surface area contributed by atoms with E-state index in [0.29, 0.717) is 11.3 Å². The molecule has 2 rings (SSSR count). The van der Waals surface area contributed by atoms with Crippen LogP contribution in [0.1, 0.15) is 18.6 Å². The predicted molar refractivity (Wildman–Crippen MR) is 76.2 cm³/mol. The van der Waals surface area contributed by atoms with Gasteiger partial charge in [0.2, 0.25) is 0 Å². The number of anilines is 2. The van der Waals surface area contributed by atoms with E-state index in [9.17, 15) is 9.90 Å². The fourth-order valence-corrected chi connectivity index (χ4v) is 1.78. The van der Waals surface area contributed by atoms with E-state index in [1.165, 1.54) is 0 Å². The maximum Gasteiger partial charge on any atom is 0.323 e. The summed E-state index contributed by atoms with van der Waals surface area (Å²) in [6.45, 7) is 1.66. The Kier molecular flexibility index (Phi) is 4.15. The zero-order valence-electron chi connectivity index (χ0n) is 10.6. The van der Waals surface area contributed by atoms with Gasteiger partial charge in [0.05, 0.1) is 6.10 Å². The lowest BCUT2D eigenvalue weighted by Gasteiger charge is -2.13. The second-order valence-electron chi connectivity index (χ2n) is 4.21. The molecule has 2 amide bonds. The summed E-state index contributed by atoms with van der Waals surface area (Å²) < 4.78 is 0. The Labute approximate surface area is 112 Å². The first kappa shape index (κ1) is 13.1. The molecule has 4 nitrogen and oxygen atoms in total. The molecule has 0 aliphatic carbocycles. The van der Waals surface area contributed by atoms with Gasteiger partial charge in [-0.15, -0.1) is 0 Å². The maximum atomic E-state index is 11.9. The highest BCUT2D eigenvalue weighted by molar-refractivity contribution is 6.00. The summed E-state index contributed by atoms with van der Waals surface area (Å²) in [5.41, 5.74) is 2.01. The molecule has 3 N–H and O–H groups in total. The van der Waals surface area contributed by atoms with Crippen LogP contribution in [-0.4, -0.2) is 11.1 Å². The number of hydrogen-bond donors (Lipinski definition) is 3. The first-order valence-corrected chi connectivity index (χ1v) is 6.07. The van der Waals surface area contributed by atoms with Crippen molar-refractivity contribution in [3.05, 3.63) is 60.2 Å². The van der Waals surface area contributed by atoms with Gasteiger partial charge in [-0.1, -0.05) is 36.4 Å². The number of hydrogen-bond acceptors (Lipinski definition) is 2. The van der Waals surface area contributed by atoms with Crippen molar-refractivity contribution in [1.82, 2.24) is 0 Å². The first-order chi connectivity index (χ1) is 9.16. The van der Waals surface area contributed by atoms with Crippen molar-refractivity contribution in [3.63, 3.8) is 0 Å². The van der Waals surface area contributed by atoms with Crippen LogP contribution in [-0.2, 0) is 0 Å². The fraction of sp³-hybridized carbons (Fsp3) is 0.133. The number of aliphatic hydroxyl groups is 1. The molecule has 19 heavy (non-hydrogen) atoms. The van der Waals surface area contributed by atoms with Gasteiger partial charge in [0.15, 0.2) is 0 Å². The monoisotopic (exact) mass is 256 g/mol. The fourth-order valence-electron chi connectivity index (χ4n) is 1.78. The molecular weight excluding hydrogens is 240 g/mol. The number of amides is 2. The van der Waals surface area contributed by atoms with E-state index < -0.39 is 6.10 Å². The molecule has 0 spiro atoms. The summed E-state index contributed by atoms with van der Waals surface area (Å²) in [5.74, 6) is 0. The molecule has 0 aliphatic heterocycles. The predicted octanol–water partition coefficient (Wildman–Crippen LogP) is 3.38. The van der Waals surface area contributed by atoms with Crippen LogP contribution in [0.25, 0.3) is 0 Å². The molecular formula is C15H16N2O2. The summed E-state index contributed by atoms with van der Waals surface area (Å²) in [5, 5.41) is 15.1. The molecule has 2 aromatic carbocycles. The minimum Gasteiger partial charge on any atom is -0.389 e. The first-order valence-electron chi connectivity index (χ1n) is 6.07. The smallest absolute Gasteiger partial charge is 0.323 e. The molecule has 98 valence electrons. The highest BCUT2D eigenvalue weighted by Gasteiger charge is 2.09. The number of carbonyl (C=O) groups is 1. The maximum absolute atomic E-state index is 11.9. The Hall–Kier alpha value is -2.33. The Bertz CT molecular complexity index is 553. The normalized spacial score (nSPS) is 11.7. The summed E-state index contributed by atoms with van der Waals surface area (Å²) >= 11 is 0. The van der Waals surface area contributed by atoms with Crippen LogP contribution in [0.5, 0.6) is 0 Å². The highest BCUT2D eigenvalue weighted by Crippen LogP contribution is 2.22. The van der Waals surface area contributed by atoms with Crippen molar-refractivity contribution in [2.75, 3.05) is 10.6 Å². The minimum atomic E-state index is -0.631. The lowest BCUT2D eigenvalue weighted by Crippen LogP contribution is -2.20. The molecule has 1 unspecified atom stereocenters. The molecule has 0 saturated heterocycles. The third kappa shape index (κ3) is 3.56. The van der Waals surface area contributed by atoms with Crippen molar-refractivity contribution in [2.45, 2.75) is 13.0 Å². The summed E-state index contributed by atoms with van der Waals surface area (Å²) in [7, 11) is 0. The van der Waals surface area contributed by atoms with Gasteiger partial charge in [0, 0.05) is 16.9 Å². The molecule has 0 saturated carbocycles. The number of aliphatic hydroxyl groups excluding tert-OH is 1. The standard InChI is InChI=1S/C15H16N2O2/c1-11(18)13-9-5-6-10-14(13)17-15(19)16-12-7-3-2-4-8-12/h2-11,18H,1H3,(H2,16,17,19). The Balaban J connectivity index is 2.07. The number of carbonyl (C=O) groups excluding carboxylic acids is 1. The van der Waals surface area contributed by atoms with Crippen molar-refractivity contribution in [2.24, 2.45) is 0 Å². The summed E-state index contributed by atoms with van der Waals surface area (Å²) in [6.07, 6.45) is -0.631. The van der Waals surface area contributed by atoms with Gasteiger partial charge >= 0.3 is 6.03 Å². The summed E-state index contributed by atoms with van der Waals surface area (Å²) in [6, 6.07) is 16.0. The molecule has 0 aromatic heterocycles. The Morgan fingerprint density at radius 2 is 1.63 bits per heavy atom. The number of benzene rings is 2. The van der Waals surface area contributed by atoms with Crippen LogP contribution < -0.4 is 10.6 Å².